The molecule has 94 valence electrons. The first kappa shape index (κ1) is 12.9. The highest BCUT2D eigenvalue weighted by molar-refractivity contribution is 5.47. The first-order chi connectivity index (χ1) is 9.15. The van der Waals surface area contributed by atoms with E-state index in [2.05, 4.69) is 12.6 Å². The Morgan fingerprint density at radius 3 is 2.47 bits per heavy atom. The van der Waals surface area contributed by atoms with Gasteiger partial charge in [0, 0.05) is 11.5 Å². The summed E-state index contributed by atoms with van der Waals surface area (Å²) < 4.78 is 0. The Morgan fingerprint density at radius 2 is 1.89 bits per heavy atom. The molecule has 1 N–H and O–H groups in total. The third-order valence-electron chi connectivity index (χ3n) is 3.15. The van der Waals surface area contributed by atoms with Crippen molar-refractivity contribution in [2.45, 2.75) is 12.8 Å². The number of hydrogen-bond acceptors (Lipinski definition) is 2. The van der Waals surface area contributed by atoms with Crippen LogP contribution in [0.5, 0.6) is 5.75 Å². The molecule has 2 rings (SSSR count). The predicted molar refractivity (Wildman–Crippen MR) is 76.0 cm³/mol. The topological polar surface area (TPSA) is 44.0 Å². The third kappa shape index (κ3) is 2.66. The molecule has 0 aliphatic heterocycles. The molecular weight excluding hydrogens is 234 g/mol. The van der Waals surface area contributed by atoms with Crippen molar-refractivity contribution in [3.05, 3.63) is 77.4 Å². The second-order valence-electron chi connectivity index (χ2n) is 4.51. The van der Waals surface area contributed by atoms with Crippen molar-refractivity contribution < 1.29 is 5.11 Å². The van der Waals surface area contributed by atoms with E-state index in [1.165, 1.54) is 0 Å². The molecule has 2 heteroatoms. The van der Waals surface area contributed by atoms with Gasteiger partial charge in [0.1, 0.15) is 5.75 Å². The summed E-state index contributed by atoms with van der Waals surface area (Å²) in [6.45, 7) is 5.84. The Hall–Kier alpha value is -2.53. The van der Waals surface area contributed by atoms with E-state index >= 15 is 0 Å². The number of allylic oxidation sites excluding steroid dienone is 1. The maximum Gasteiger partial charge on any atom is 0.119 e. The minimum atomic E-state index is -0.0763. The maximum absolute atomic E-state index is 10.00. The Bertz CT molecular complexity index is 635. The quantitative estimate of drug-likeness (QED) is 0.839. The van der Waals surface area contributed by atoms with Crippen molar-refractivity contribution in [2.75, 3.05) is 0 Å². The molecule has 0 saturated heterocycles. The highest BCUT2D eigenvalue weighted by Crippen LogP contribution is 2.32. The van der Waals surface area contributed by atoms with Crippen LogP contribution in [0, 0.1) is 18.3 Å². The highest BCUT2D eigenvalue weighted by Gasteiger charge is 2.14. The molecular formula is C17H15NO. The zero-order valence-electron chi connectivity index (χ0n) is 10.8. The van der Waals surface area contributed by atoms with Crippen molar-refractivity contribution in [1.29, 1.82) is 5.26 Å². The van der Waals surface area contributed by atoms with Gasteiger partial charge in [-0.2, -0.15) is 5.26 Å². The van der Waals surface area contributed by atoms with Crippen molar-refractivity contribution in [3.8, 4) is 11.8 Å². The molecule has 1 atom stereocenters. The summed E-state index contributed by atoms with van der Waals surface area (Å²) in [7, 11) is 0. The summed E-state index contributed by atoms with van der Waals surface area (Å²) in [4.78, 5) is 0. The third-order valence-corrected chi connectivity index (χ3v) is 3.15. The Balaban J connectivity index is 2.46. The number of phenolic OH excluding ortho intramolecular Hbond substituents is 1. The summed E-state index contributed by atoms with van der Waals surface area (Å²) in [6.07, 6.45) is 1.80. The molecule has 2 nitrogen and oxygen atoms in total. The van der Waals surface area contributed by atoms with Crippen LogP contribution in [-0.2, 0) is 0 Å². The molecule has 0 spiro atoms. The zero-order valence-corrected chi connectivity index (χ0v) is 10.8. The molecule has 0 heterocycles. The summed E-state index contributed by atoms with van der Waals surface area (Å²) in [5.74, 6) is 0.188. The van der Waals surface area contributed by atoms with E-state index in [1.807, 2.05) is 31.2 Å². The van der Waals surface area contributed by atoms with E-state index < -0.39 is 0 Å². The summed E-state index contributed by atoms with van der Waals surface area (Å²) in [6, 6.07) is 15.0. The zero-order chi connectivity index (χ0) is 13.8. The van der Waals surface area contributed by atoms with Crippen molar-refractivity contribution in [2.24, 2.45) is 0 Å². The van der Waals surface area contributed by atoms with Gasteiger partial charge >= 0.3 is 0 Å². The second kappa shape index (κ2) is 5.41. The number of benzene rings is 2. The van der Waals surface area contributed by atoms with Crippen LogP contribution in [0.3, 0.4) is 0 Å². The van der Waals surface area contributed by atoms with Gasteiger partial charge < -0.3 is 5.11 Å². The highest BCUT2D eigenvalue weighted by atomic mass is 16.3. The Morgan fingerprint density at radius 1 is 1.21 bits per heavy atom. The lowest BCUT2D eigenvalue weighted by molar-refractivity contribution is 0.467. The molecule has 0 aromatic heterocycles. The number of aryl methyl sites for hydroxylation is 1. The Labute approximate surface area is 113 Å². The lowest BCUT2D eigenvalue weighted by Gasteiger charge is -2.16. The van der Waals surface area contributed by atoms with E-state index in [9.17, 15) is 5.11 Å². The van der Waals surface area contributed by atoms with E-state index in [1.54, 1.807) is 24.3 Å². The molecule has 2 aromatic carbocycles. The van der Waals surface area contributed by atoms with E-state index in [0.29, 0.717) is 5.56 Å². The average molecular weight is 249 g/mol. The van der Waals surface area contributed by atoms with Crippen LogP contribution in [0.1, 0.15) is 28.2 Å². The molecule has 0 saturated carbocycles. The van der Waals surface area contributed by atoms with Gasteiger partial charge in [-0.1, -0.05) is 35.9 Å². The molecule has 1 unspecified atom stereocenters. The normalized spacial score (nSPS) is 11.6. The number of nitriles is 1. The second-order valence-corrected chi connectivity index (χ2v) is 4.51. The van der Waals surface area contributed by atoms with Gasteiger partial charge in [0.15, 0.2) is 0 Å². The average Bonchev–Trinajstić information content (AvgIpc) is 2.44. The van der Waals surface area contributed by atoms with Crippen LogP contribution in [0.15, 0.2) is 55.1 Å². The standard InChI is InChI=1S/C17H15NO/c1-3-15(14-7-5-13(11-18)6-8-14)16-10-12(2)4-9-17(16)19/h3-10,15,19H,1H2,2H3. The van der Waals surface area contributed by atoms with E-state index in [4.69, 9.17) is 5.26 Å². The number of rotatable bonds is 3. The molecule has 0 bridgehead atoms. The van der Waals surface area contributed by atoms with Crippen molar-refractivity contribution in [3.63, 3.8) is 0 Å². The lowest BCUT2D eigenvalue weighted by atomic mass is 9.89. The van der Waals surface area contributed by atoms with Gasteiger partial charge in [0.25, 0.3) is 0 Å². The maximum atomic E-state index is 10.00. The monoisotopic (exact) mass is 249 g/mol. The summed E-state index contributed by atoms with van der Waals surface area (Å²) in [5.41, 5.74) is 3.56. The van der Waals surface area contributed by atoms with Crippen molar-refractivity contribution >= 4 is 0 Å². The van der Waals surface area contributed by atoms with Crippen LogP contribution in [0.2, 0.25) is 0 Å². The van der Waals surface area contributed by atoms with Crippen LogP contribution in [-0.4, -0.2) is 5.11 Å². The fourth-order valence-corrected chi connectivity index (χ4v) is 2.13. The Kier molecular flexibility index (Phi) is 3.68. The smallest absolute Gasteiger partial charge is 0.119 e. The van der Waals surface area contributed by atoms with Gasteiger partial charge in [0.2, 0.25) is 0 Å². The van der Waals surface area contributed by atoms with Gasteiger partial charge in [-0.3, -0.25) is 0 Å². The van der Waals surface area contributed by atoms with Crippen LogP contribution in [0.4, 0.5) is 0 Å². The van der Waals surface area contributed by atoms with Crippen LogP contribution in [0.25, 0.3) is 0 Å². The first-order valence-corrected chi connectivity index (χ1v) is 6.08. The molecule has 0 aliphatic carbocycles. The molecule has 0 amide bonds. The van der Waals surface area contributed by atoms with Crippen LogP contribution >= 0.6 is 0 Å². The van der Waals surface area contributed by atoms with Gasteiger partial charge in [-0.05, 0) is 30.7 Å². The molecule has 0 radical (unpaired) electrons. The minimum absolute atomic E-state index is 0.0763. The molecule has 2 aromatic rings. The fraction of sp³-hybridized carbons (Fsp3) is 0.118. The first-order valence-electron chi connectivity index (χ1n) is 6.08. The van der Waals surface area contributed by atoms with Gasteiger partial charge in [0.05, 0.1) is 11.6 Å². The number of aromatic hydroxyl groups is 1. The van der Waals surface area contributed by atoms with Crippen molar-refractivity contribution in [1.82, 2.24) is 0 Å². The summed E-state index contributed by atoms with van der Waals surface area (Å²) in [5, 5.41) is 18.8. The number of nitrogens with zero attached hydrogens (tertiary/aromatic N) is 1. The molecule has 0 aliphatic rings. The minimum Gasteiger partial charge on any atom is -0.508 e. The van der Waals surface area contributed by atoms with Crippen LogP contribution < -0.4 is 0 Å². The van der Waals surface area contributed by atoms with E-state index in [-0.39, 0.29) is 11.7 Å². The number of phenols is 1. The van der Waals surface area contributed by atoms with E-state index in [0.717, 1.165) is 16.7 Å². The fourth-order valence-electron chi connectivity index (χ4n) is 2.13. The molecule has 0 fully saturated rings. The predicted octanol–water partition coefficient (Wildman–Crippen LogP) is 3.89. The summed E-state index contributed by atoms with van der Waals surface area (Å²) >= 11 is 0. The SMILES string of the molecule is C=CC(c1ccc(C#N)cc1)c1cc(C)ccc1O. The number of hydrogen-bond donors (Lipinski definition) is 1. The molecule has 19 heavy (non-hydrogen) atoms. The van der Waals surface area contributed by atoms with Gasteiger partial charge in [-0.25, -0.2) is 0 Å². The lowest BCUT2D eigenvalue weighted by Crippen LogP contribution is -1.98. The van der Waals surface area contributed by atoms with Gasteiger partial charge in [-0.15, -0.1) is 6.58 Å². The largest absolute Gasteiger partial charge is 0.508 e.